The van der Waals surface area contributed by atoms with Gasteiger partial charge in [-0.05, 0) is 25.2 Å². The van der Waals surface area contributed by atoms with Crippen LogP contribution in [0.1, 0.15) is 33.1 Å². The van der Waals surface area contributed by atoms with E-state index in [1.807, 2.05) is 0 Å². The van der Waals surface area contributed by atoms with Gasteiger partial charge in [0.2, 0.25) is 0 Å². The summed E-state index contributed by atoms with van der Waals surface area (Å²) in [5.41, 5.74) is 0. The molecule has 1 aliphatic rings. The molecule has 0 unspecified atom stereocenters. The summed E-state index contributed by atoms with van der Waals surface area (Å²) in [5, 5.41) is 16.5. The first-order valence-electron chi connectivity index (χ1n) is 7.32. The third-order valence-corrected chi connectivity index (χ3v) is 3.59. The number of urea groups is 1. The largest absolute Gasteiger partial charge is 0.394 e. The molecule has 2 N–H and O–H groups in total. The van der Waals surface area contributed by atoms with Gasteiger partial charge in [0.25, 0.3) is 0 Å². The molecule has 0 spiro atoms. The van der Waals surface area contributed by atoms with E-state index in [9.17, 15) is 9.90 Å². The third-order valence-electron chi connectivity index (χ3n) is 3.59. The van der Waals surface area contributed by atoms with Gasteiger partial charge in [0.1, 0.15) is 5.82 Å². The fourth-order valence-corrected chi connectivity index (χ4v) is 2.57. The summed E-state index contributed by atoms with van der Waals surface area (Å²) in [4.78, 5) is 14.1. The van der Waals surface area contributed by atoms with Crippen LogP contribution in [-0.4, -0.2) is 45.0 Å². The molecule has 112 valence electrons. The first kappa shape index (κ1) is 14.8. The molecule has 0 bridgehead atoms. The second-order valence-corrected chi connectivity index (χ2v) is 5.75. The maximum atomic E-state index is 12.3. The number of piperidine rings is 1. The van der Waals surface area contributed by atoms with Crippen LogP contribution in [0.15, 0.2) is 12.3 Å². The number of hydrogen-bond acceptors (Lipinski definition) is 3. The van der Waals surface area contributed by atoms with Crippen molar-refractivity contribution in [3.8, 4) is 0 Å². The van der Waals surface area contributed by atoms with Gasteiger partial charge < -0.3 is 10.0 Å². The number of amides is 2. The van der Waals surface area contributed by atoms with Crippen LogP contribution in [-0.2, 0) is 6.54 Å². The van der Waals surface area contributed by atoms with E-state index >= 15 is 0 Å². The van der Waals surface area contributed by atoms with E-state index in [0.29, 0.717) is 18.3 Å². The second kappa shape index (κ2) is 6.74. The number of nitrogens with one attached hydrogen (secondary N) is 1. The summed E-state index contributed by atoms with van der Waals surface area (Å²) in [6.07, 6.45) is 4.63. The van der Waals surface area contributed by atoms with Crippen LogP contribution in [0.4, 0.5) is 10.6 Å². The maximum Gasteiger partial charge on any atom is 0.323 e. The van der Waals surface area contributed by atoms with Gasteiger partial charge in [0, 0.05) is 19.2 Å². The first-order valence-corrected chi connectivity index (χ1v) is 7.32. The molecular weight excluding hydrogens is 256 g/mol. The van der Waals surface area contributed by atoms with Gasteiger partial charge in [0.15, 0.2) is 0 Å². The molecule has 1 aliphatic heterocycles. The number of rotatable bonds is 4. The van der Waals surface area contributed by atoms with E-state index in [1.54, 1.807) is 21.8 Å². The molecule has 1 fully saturated rings. The minimum absolute atomic E-state index is 0.0265. The summed E-state index contributed by atoms with van der Waals surface area (Å²) in [7, 11) is 0. The predicted molar refractivity (Wildman–Crippen MR) is 77.5 cm³/mol. The number of carbonyl (C=O) groups is 1. The van der Waals surface area contributed by atoms with E-state index < -0.39 is 0 Å². The zero-order valence-electron chi connectivity index (χ0n) is 12.2. The van der Waals surface area contributed by atoms with Gasteiger partial charge in [-0.2, -0.15) is 5.10 Å². The molecule has 0 saturated carbocycles. The Bertz CT molecular complexity index is 444. The molecule has 1 aromatic heterocycles. The van der Waals surface area contributed by atoms with Crippen molar-refractivity contribution in [2.75, 3.05) is 18.5 Å². The molecule has 2 heterocycles. The molecule has 1 atom stereocenters. The number of aliphatic hydroxyl groups excluding tert-OH is 1. The standard InChI is InChI=1S/C14H24N4O2/c1-11(2)9-18-13(6-7-15-18)16-14(20)17-8-4-3-5-12(17)10-19/h6-7,11-12,19H,3-5,8-10H2,1-2H3,(H,16,20)/t12-/m0/s1. The van der Waals surface area contributed by atoms with E-state index in [-0.39, 0.29) is 18.7 Å². The lowest BCUT2D eigenvalue weighted by atomic mass is 10.0. The molecule has 0 aromatic carbocycles. The highest BCUT2D eigenvalue weighted by atomic mass is 16.3. The van der Waals surface area contributed by atoms with Crippen LogP contribution in [0, 0.1) is 5.92 Å². The lowest BCUT2D eigenvalue weighted by Gasteiger charge is -2.34. The predicted octanol–water partition coefficient (Wildman–Crippen LogP) is 1.92. The zero-order valence-corrected chi connectivity index (χ0v) is 12.2. The Labute approximate surface area is 119 Å². The van der Waals surface area contributed by atoms with Crippen LogP contribution < -0.4 is 5.32 Å². The zero-order chi connectivity index (χ0) is 14.5. The average Bonchev–Trinajstić information content (AvgIpc) is 2.85. The highest BCUT2D eigenvalue weighted by Gasteiger charge is 2.26. The van der Waals surface area contributed by atoms with Gasteiger partial charge in [-0.1, -0.05) is 13.8 Å². The minimum atomic E-state index is -0.144. The molecule has 1 saturated heterocycles. The van der Waals surface area contributed by atoms with Crippen LogP contribution in [0.2, 0.25) is 0 Å². The maximum absolute atomic E-state index is 12.3. The Morgan fingerprint density at radius 2 is 2.35 bits per heavy atom. The molecule has 1 aromatic rings. The summed E-state index contributed by atoms with van der Waals surface area (Å²) in [5.74, 6) is 1.18. The smallest absolute Gasteiger partial charge is 0.323 e. The fourth-order valence-electron chi connectivity index (χ4n) is 2.57. The van der Waals surface area contributed by atoms with E-state index in [2.05, 4.69) is 24.3 Å². The molecule has 2 rings (SSSR count). The average molecular weight is 280 g/mol. The second-order valence-electron chi connectivity index (χ2n) is 5.75. The van der Waals surface area contributed by atoms with Gasteiger partial charge in [0.05, 0.1) is 18.8 Å². The molecule has 20 heavy (non-hydrogen) atoms. The highest BCUT2D eigenvalue weighted by molar-refractivity contribution is 5.88. The number of hydrogen-bond donors (Lipinski definition) is 2. The van der Waals surface area contributed by atoms with Crippen molar-refractivity contribution >= 4 is 11.8 Å². The SMILES string of the molecule is CC(C)Cn1nccc1NC(=O)N1CCCC[C@H]1CO. The number of aliphatic hydroxyl groups is 1. The number of anilines is 1. The van der Waals surface area contributed by atoms with Crippen LogP contribution in [0.5, 0.6) is 0 Å². The molecule has 6 heteroatoms. The molecular formula is C14H24N4O2. The fraction of sp³-hybridized carbons (Fsp3) is 0.714. The number of aromatic nitrogens is 2. The summed E-state index contributed by atoms with van der Waals surface area (Å²) >= 11 is 0. The lowest BCUT2D eigenvalue weighted by Crippen LogP contribution is -2.47. The van der Waals surface area contributed by atoms with Crippen LogP contribution in [0.3, 0.4) is 0 Å². The highest BCUT2D eigenvalue weighted by Crippen LogP contribution is 2.18. The minimum Gasteiger partial charge on any atom is -0.394 e. The van der Waals surface area contributed by atoms with Gasteiger partial charge in [-0.25, -0.2) is 9.48 Å². The summed E-state index contributed by atoms with van der Waals surface area (Å²) < 4.78 is 1.81. The van der Waals surface area contributed by atoms with Gasteiger partial charge >= 0.3 is 6.03 Å². The summed E-state index contributed by atoms with van der Waals surface area (Å²) in [6, 6.07) is 1.59. The molecule has 0 aliphatic carbocycles. The van der Waals surface area contributed by atoms with Crippen LogP contribution >= 0.6 is 0 Å². The molecule has 2 amide bonds. The van der Waals surface area contributed by atoms with Crippen molar-refractivity contribution in [3.05, 3.63) is 12.3 Å². The Balaban J connectivity index is 2.01. The van der Waals surface area contributed by atoms with Crippen molar-refractivity contribution in [2.45, 2.75) is 45.7 Å². The van der Waals surface area contributed by atoms with Crippen molar-refractivity contribution < 1.29 is 9.90 Å². The molecule has 0 radical (unpaired) electrons. The van der Waals surface area contributed by atoms with E-state index in [1.165, 1.54) is 0 Å². The Kier molecular flexibility index (Phi) is 5.00. The quantitative estimate of drug-likeness (QED) is 0.885. The van der Waals surface area contributed by atoms with Gasteiger partial charge in [-0.15, -0.1) is 0 Å². The van der Waals surface area contributed by atoms with E-state index in [0.717, 1.165) is 25.8 Å². The molecule has 6 nitrogen and oxygen atoms in total. The monoisotopic (exact) mass is 280 g/mol. The van der Waals surface area contributed by atoms with E-state index in [4.69, 9.17) is 0 Å². The van der Waals surface area contributed by atoms with Crippen molar-refractivity contribution in [2.24, 2.45) is 5.92 Å². The summed E-state index contributed by atoms with van der Waals surface area (Å²) in [6.45, 7) is 5.72. The van der Waals surface area contributed by atoms with Crippen molar-refractivity contribution in [1.29, 1.82) is 0 Å². The first-order chi connectivity index (χ1) is 9.61. The number of nitrogens with zero attached hydrogens (tertiary/aromatic N) is 3. The number of carbonyl (C=O) groups excluding carboxylic acids is 1. The Hall–Kier alpha value is -1.56. The Morgan fingerprint density at radius 1 is 1.55 bits per heavy atom. The third kappa shape index (κ3) is 3.50. The Morgan fingerprint density at radius 3 is 3.05 bits per heavy atom. The lowest BCUT2D eigenvalue weighted by molar-refractivity contribution is 0.115. The topological polar surface area (TPSA) is 70.4 Å². The number of likely N-dealkylation sites (tertiary alicyclic amines) is 1. The normalized spacial score (nSPS) is 19.4. The van der Waals surface area contributed by atoms with Gasteiger partial charge in [-0.3, -0.25) is 5.32 Å². The van der Waals surface area contributed by atoms with Crippen LogP contribution in [0.25, 0.3) is 0 Å². The van der Waals surface area contributed by atoms with Crippen molar-refractivity contribution in [1.82, 2.24) is 14.7 Å². The van der Waals surface area contributed by atoms with Crippen molar-refractivity contribution in [3.63, 3.8) is 0 Å².